The van der Waals surface area contributed by atoms with E-state index in [1.807, 2.05) is 24.3 Å². The van der Waals surface area contributed by atoms with E-state index in [1.165, 1.54) is 6.33 Å². The van der Waals surface area contributed by atoms with Gasteiger partial charge in [0.2, 0.25) is 0 Å². The van der Waals surface area contributed by atoms with E-state index < -0.39 is 0 Å². The van der Waals surface area contributed by atoms with Gasteiger partial charge in [-0.3, -0.25) is 0 Å². The maximum atomic E-state index is 8.92. The molecule has 0 saturated heterocycles. The predicted octanol–water partition coefficient (Wildman–Crippen LogP) is 3.90. The Morgan fingerprint density at radius 1 is 1.10 bits per heavy atom. The van der Waals surface area contributed by atoms with Gasteiger partial charge in [0.25, 0.3) is 0 Å². The Labute approximate surface area is 120 Å². The van der Waals surface area contributed by atoms with Gasteiger partial charge in [0.15, 0.2) is 0 Å². The maximum Gasteiger partial charge on any atom is 0.141 e. The van der Waals surface area contributed by atoms with Crippen molar-refractivity contribution in [2.24, 2.45) is 0 Å². The fourth-order valence-corrected chi connectivity index (χ4v) is 2.10. The van der Waals surface area contributed by atoms with Crippen LogP contribution in [0.15, 0.2) is 48.8 Å². The quantitative estimate of drug-likeness (QED) is 0.773. The molecule has 5 heteroatoms. The minimum atomic E-state index is 0.589. The highest BCUT2D eigenvalue weighted by molar-refractivity contribution is 6.31. The normalized spacial score (nSPS) is 10.2. The van der Waals surface area contributed by atoms with Gasteiger partial charge in [0.05, 0.1) is 17.1 Å². The second kappa shape index (κ2) is 5.16. The number of nitrogens with zero attached hydrogens (tertiary/aromatic N) is 3. The average molecular weight is 281 g/mol. The summed E-state index contributed by atoms with van der Waals surface area (Å²) in [5.41, 5.74) is 2.19. The summed E-state index contributed by atoms with van der Waals surface area (Å²) in [5.74, 6) is 0.660. The molecule has 3 rings (SSSR count). The Bertz CT molecular complexity index is 823. The van der Waals surface area contributed by atoms with Crippen LogP contribution in [-0.2, 0) is 0 Å². The molecule has 1 N–H and O–H groups in total. The molecule has 3 aromatic rings. The summed E-state index contributed by atoms with van der Waals surface area (Å²) in [6, 6.07) is 14.8. The SMILES string of the molecule is N#Cc1cccc(Nc2ncnc3ccc(Cl)cc23)c1. The van der Waals surface area contributed by atoms with Crippen LogP contribution in [0.2, 0.25) is 5.02 Å². The zero-order valence-corrected chi connectivity index (χ0v) is 11.1. The second-order valence-corrected chi connectivity index (χ2v) is 4.64. The lowest BCUT2D eigenvalue weighted by molar-refractivity contribution is 1.22. The minimum Gasteiger partial charge on any atom is -0.340 e. The molecular weight excluding hydrogens is 272 g/mol. The van der Waals surface area contributed by atoms with Crippen LogP contribution in [0.5, 0.6) is 0 Å². The van der Waals surface area contributed by atoms with Crippen molar-refractivity contribution in [2.45, 2.75) is 0 Å². The highest BCUT2D eigenvalue weighted by Gasteiger charge is 2.05. The highest BCUT2D eigenvalue weighted by atomic mass is 35.5. The molecule has 0 fully saturated rings. The first-order valence-electron chi connectivity index (χ1n) is 5.94. The average Bonchev–Trinajstić information content (AvgIpc) is 2.48. The Balaban J connectivity index is 2.06. The zero-order valence-electron chi connectivity index (χ0n) is 10.3. The lowest BCUT2D eigenvalue weighted by Crippen LogP contribution is -1.96. The summed E-state index contributed by atoms with van der Waals surface area (Å²) in [5, 5.41) is 13.6. The molecule has 0 aliphatic carbocycles. The molecule has 0 atom stereocenters. The zero-order chi connectivity index (χ0) is 13.9. The van der Waals surface area contributed by atoms with Gasteiger partial charge in [-0.25, -0.2) is 9.97 Å². The van der Waals surface area contributed by atoms with Gasteiger partial charge in [-0.1, -0.05) is 17.7 Å². The molecule has 96 valence electrons. The number of hydrogen-bond acceptors (Lipinski definition) is 4. The Kier molecular flexibility index (Phi) is 3.20. The fourth-order valence-electron chi connectivity index (χ4n) is 1.93. The monoisotopic (exact) mass is 280 g/mol. The van der Waals surface area contributed by atoms with Gasteiger partial charge < -0.3 is 5.32 Å². The van der Waals surface area contributed by atoms with Crippen molar-refractivity contribution in [3.05, 3.63) is 59.4 Å². The third kappa shape index (κ3) is 2.40. The highest BCUT2D eigenvalue weighted by Crippen LogP contribution is 2.25. The van der Waals surface area contributed by atoms with E-state index in [4.69, 9.17) is 16.9 Å². The van der Waals surface area contributed by atoms with Crippen molar-refractivity contribution in [2.75, 3.05) is 5.32 Å². The van der Waals surface area contributed by atoms with Crippen molar-refractivity contribution >= 4 is 34.0 Å². The summed E-state index contributed by atoms with van der Waals surface area (Å²) in [4.78, 5) is 8.43. The molecule has 0 saturated carbocycles. The van der Waals surface area contributed by atoms with Gasteiger partial charge in [-0.2, -0.15) is 5.26 Å². The van der Waals surface area contributed by atoms with Crippen LogP contribution in [0.1, 0.15) is 5.56 Å². The van der Waals surface area contributed by atoms with Crippen LogP contribution < -0.4 is 5.32 Å². The van der Waals surface area contributed by atoms with Gasteiger partial charge in [-0.05, 0) is 36.4 Å². The largest absolute Gasteiger partial charge is 0.340 e. The Hall–Kier alpha value is -2.64. The minimum absolute atomic E-state index is 0.589. The predicted molar refractivity (Wildman–Crippen MR) is 79.0 cm³/mol. The summed E-state index contributed by atoms with van der Waals surface area (Å²) in [6.07, 6.45) is 1.49. The molecule has 4 nitrogen and oxygen atoms in total. The van der Waals surface area contributed by atoms with E-state index in [9.17, 15) is 0 Å². The molecule has 2 aromatic carbocycles. The topological polar surface area (TPSA) is 61.6 Å². The van der Waals surface area contributed by atoms with Crippen LogP contribution in [0.3, 0.4) is 0 Å². The lowest BCUT2D eigenvalue weighted by Gasteiger charge is -2.08. The third-order valence-electron chi connectivity index (χ3n) is 2.85. The number of halogens is 1. The first kappa shape index (κ1) is 12.4. The van der Waals surface area contributed by atoms with E-state index in [0.29, 0.717) is 16.4 Å². The van der Waals surface area contributed by atoms with E-state index in [0.717, 1.165) is 16.6 Å². The number of aromatic nitrogens is 2. The molecule has 0 amide bonds. The van der Waals surface area contributed by atoms with Crippen molar-refractivity contribution in [1.29, 1.82) is 5.26 Å². The number of rotatable bonds is 2. The van der Waals surface area contributed by atoms with Gasteiger partial charge in [-0.15, -0.1) is 0 Å². The summed E-state index contributed by atoms with van der Waals surface area (Å²) >= 11 is 6.01. The van der Waals surface area contributed by atoms with Crippen molar-refractivity contribution < 1.29 is 0 Å². The van der Waals surface area contributed by atoms with Crippen molar-refractivity contribution in [1.82, 2.24) is 9.97 Å². The molecule has 0 aliphatic heterocycles. The van der Waals surface area contributed by atoms with Crippen LogP contribution in [0.4, 0.5) is 11.5 Å². The molecule has 0 aliphatic rings. The fraction of sp³-hybridized carbons (Fsp3) is 0. The molecule has 0 spiro atoms. The molecule has 1 heterocycles. The van der Waals surface area contributed by atoms with E-state index in [-0.39, 0.29) is 0 Å². The van der Waals surface area contributed by atoms with Crippen molar-refractivity contribution in [3.63, 3.8) is 0 Å². The summed E-state index contributed by atoms with van der Waals surface area (Å²) in [6.45, 7) is 0. The van der Waals surface area contributed by atoms with Crippen LogP contribution >= 0.6 is 11.6 Å². The van der Waals surface area contributed by atoms with E-state index in [2.05, 4.69) is 21.4 Å². The Morgan fingerprint density at radius 2 is 2.00 bits per heavy atom. The molecular formula is C15H9ClN4. The lowest BCUT2D eigenvalue weighted by atomic mass is 10.2. The summed E-state index contributed by atoms with van der Waals surface area (Å²) < 4.78 is 0. The number of benzene rings is 2. The Morgan fingerprint density at radius 3 is 2.85 bits per heavy atom. The smallest absolute Gasteiger partial charge is 0.141 e. The van der Waals surface area contributed by atoms with Gasteiger partial charge >= 0.3 is 0 Å². The molecule has 1 aromatic heterocycles. The third-order valence-corrected chi connectivity index (χ3v) is 3.09. The van der Waals surface area contributed by atoms with Crippen LogP contribution in [0, 0.1) is 11.3 Å². The molecule has 0 unspecified atom stereocenters. The number of nitriles is 1. The first-order chi connectivity index (χ1) is 9.76. The van der Waals surface area contributed by atoms with E-state index in [1.54, 1.807) is 18.2 Å². The van der Waals surface area contributed by atoms with Gasteiger partial charge in [0, 0.05) is 16.1 Å². The number of nitrogens with one attached hydrogen (secondary N) is 1. The number of hydrogen-bond donors (Lipinski definition) is 1. The molecule has 20 heavy (non-hydrogen) atoms. The standard InChI is InChI=1S/C15H9ClN4/c16-11-4-5-14-13(7-11)15(19-9-18-14)20-12-3-1-2-10(6-12)8-17/h1-7,9H,(H,18,19,20). The van der Waals surface area contributed by atoms with Crippen molar-refractivity contribution in [3.8, 4) is 6.07 Å². The maximum absolute atomic E-state index is 8.92. The number of fused-ring (bicyclic) bond motifs is 1. The van der Waals surface area contributed by atoms with E-state index >= 15 is 0 Å². The number of anilines is 2. The summed E-state index contributed by atoms with van der Waals surface area (Å²) in [7, 11) is 0. The van der Waals surface area contributed by atoms with Crippen LogP contribution in [-0.4, -0.2) is 9.97 Å². The second-order valence-electron chi connectivity index (χ2n) is 4.20. The van der Waals surface area contributed by atoms with Crippen LogP contribution in [0.25, 0.3) is 10.9 Å². The first-order valence-corrected chi connectivity index (χ1v) is 6.31. The molecule has 0 bridgehead atoms. The van der Waals surface area contributed by atoms with Gasteiger partial charge in [0.1, 0.15) is 12.1 Å². The molecule has 0 radical (unpaired) electrons.